The van der Waals surface area contributed by atoms with Crippen molar-refractivity contribution in [2.45, 2.75) is 65.3 Å². The molecule has 0 aliphatic carbocycles. The Hall–Kier alpha value is -3.76. The molecule has 0 radical (unpaired) electrons. The highest BCUT2D eigenvalue weighted by atomic mass is 16.6. The number of aryl methyl sites for hydroxylation is 2. The monoisotopic (exact) mass is 469 g/mol. The predicted molar refractivity (Wildman–Crippen MR) is 133 cm³/mol. The van der Waals surface area contributed by atoms with Crippen LogP contribution < -0.4 is 16.7 Å². The van der Waals surface area contributed by atoms with Crippen molar-refractivity contribution in [3.63, 3.8) is 0 Å². The van der Waals surface area contributed by atoms with Gasteiger partial charge in [0.1, 0.15) is 0 Å². The second-order valence-corrected chi connectivity index (χ2v) is 8.31. The van der Waals surface area contributed by atoms with Gasteiger partial charge in [0.2, 0.25) is 5.95 Å². The maximum Gasteiger partial charge on any atom is 0.329 e. The van der Waals surface area contributed by atoms with Crippen molar-refractivity contribution in [2.24, 2.45) is 12.1 Å². The Morgan fingerprint density at radius 2 is 1.76 bits per heavy atom. The minimum atomic E-state index is -0.532. The SMILES string of the molecule is CCCCCCCCCn1c(N/N=C(/C)c2ccc([N+](=O)[O-])cc2)nc2c1c(=O)[nH]c(=O)n2C. The van der Waals surface area contributed by atoms with Crippen molar-refractivity contribution >= 4 is 28.5 Å². The molecule has 0 amide bonds. The van der Waals surface area contributed by atoms with E-state index in [0.717, 1.165) is 19.3 Å². The van der Waals surface area contributed by atoms with E-state index in [9.17, 15) is 19.7 Å². The number of nitro groups is 1. The van der Waals surface area contributed by atoms with Crippen LogP contribution in [0.5, 0.6) is 0 Å². The lowest BCUT2D eigenvalue weighted by atomic mass is 10.1. The number of nitrogens with zero attached hydrogens (tertiary/aromatic N) is 5. The summed E-state index contributed by atoms with van der Waals surface area (Å²) >= 11 is 0. The third-order valence-corrected chi connectivity index (χ3v) is 5.81. The smallest absolute Gasteiger partial charge is 0.303 e. The van der Waals surface area contributed by atoms with E-state index in [4.69, 9.17) is 0 Å². The molecule has 2 heterocycles. The van der Waals surface area contributed by atoms with Gasteiger partial charge in [-0.25, -0.2) is 10.2 Å². The zero-order valence-electron chi connectivity index (χ0n) is 19.8. The van der Waals surface area contributed by atoms with Crippen molar-refractivity contribution in [3.8, 4) is 0 Å². The number of nitrogens with one attached hydrogen (secondary N) is 2. The summed E-state index contributed by atoms with van der Waals surface area (Å²) in [4.78, 5) is 41.9. The second kappa shape index (κ2) is 11.4. The van der Waals surface area contributed by atoms with E-state index in [1.807, 2.05) is 0 Å². The molecule has 0 unspecified atom stereocenters. The van der Waals surface area contributed by atoms with Crippen molar-refractivity contribution in [1.29, 1.82) is 0 Å². The van der Waals surface area contributed by atoms with Crippen LogP contribution in [0.1, 0.15) is 64.4 Å². The number of benzene rings is 1. The van der Waals surface area contributed by atoms with E-state index < -0.39 is 16.2 Å². The summed E-state index contributed by atoms with van der Waals surface area (Å²) in [6.07, 6.45) is 7.89. The summed E-state index contributed by atoms with van der Waals surface area (Å²) in [7, 11) is 1.56. The molecule has 2 N–H and O–H groups in total. The molecular weight excluding hydrogens is 438 g/mol. The minimum absolute atomic E-state index is 0.00105. The number of hydrazone groups is 1. The Morgan fingerprint density at radius 3 is 2.41 bits per heavy atom. The number of hydrogen-bond donors (Lipinski definition) is 2. The Bertz CT molecular complexity index is 1290. The number of aromatic amines is 1. The van der Waals surface area contributed by atoms with Crippen molar-refractivity contribution in [1.82, 2.24) is 19.1 Å². The van der Waals surface area contributed by atoms with Crippen molar-refractivity contribution in [3.05, 3.63) is 60.8 Å². The topological polar surface area (TPSA) is 140 Å². The summed E-state index contributed by atoms with van der Waals surface area (Å²) in [5, 5.41) is 15.2. The second-order valence-electron chi connectivity index (χ2n) is 8.31. The van der Waals surface area contributed by atoms with E-state index in [2.05, 4.69) is 27.4 Å². The van der Waals surface area contributed by atoms with Gasteiger partial charge in [-0.3, -0.25) is 24.5 Å². The van der Waals surface area contributed by atoms with Gasteiger partial charge in [-0.15, -0.1) is 0 Å². The summed E-state index contributed by atoms with van der Waals surface area (Å²) in [6, 6.07) is 6.07. The largest absolute Gasteiger partial charge is 0.329 e. The molecule has 0 bridgehead atoms. The number of H-pyrrole nitrogens is 1. The molecule has 0 spiro atoms. The van der Waals surface area contributed by atoms with Gasteiger partial charge in [0.15, 0.2) is 11.2 Å². The summed E-state index contributed by atoms with van der Waals surface area (Å²) < 4.78 is 3.06. The van der Waals surface area contributed by atoms with Gasteiger partial charge in [-0.2, -0.15) is 10.1 Å². The Labute approximate surface area is 196 Å². The average Bonchev–Trinajstić information content (AvgIpc) is 3.19. The first-order valence-electron chi connectivity index (χ1n) is 11.6. The standard InChI is InChI=1S/C23H31N7O4/c1-4-5-6-7-8-9-10-15-29-19-20(28(3)23(32)25-21(19)31)24-22(29)27-26-16(2)17-11-13-18(14-12-17)30(33)34/h11-14H,4-10,15H2,1-3H3,(H,24,27)(H,25,31,32)/b26-16-. The molecule has 11 nitrogen and oxygen atoms in total. The van der Waals surface area contributed by atoms with E-state index >= 15 is 0 Å². The number of fused-ring (bicyclic) bond motifs is 1. The maximum atomic E-state index is 12.6. The number of aromatic nitrogens is 4. The molecule has 11 heteroatoms. The van der Waals surface area contributed by atoms with Crippen LogP contribution in [-0.4, -0.2) is 29.7 Å². The van der Waals surface area contributed by atoms with Crippen LogP contribution in [-0.2, 0) is 13.6 Å². The fraction of sp³-hybridized carbons (Fsp3) is 0.478. The van der Waals surface area contributed by atoms with E-state index in [-0.39, 0.29) is 11.3 Å². The highest BCUT2D eigenvalue weighted by Gasteiger charge is 2.17. The zero-order valence-corrected chi connectivity index (χ0v) is 19.8. The molecular formula is C23H31N7O4. The molecule has 0 saturated heterocycles. The van der Waals surface area contributed by atoms with Gasteiger partial charge < -0.3 is 4.57 Å². The zero-order chi connectivity index (χ0) is 24.7. The van der Waals surface area contributed by atoms with Crippen LogP contribution in [0.15, 0.2) is 39.0 Å². The third-order valence-electron chi connectivity index (χ3n) is 5.81. The van der Waals surface area contributed by atoms with Crippen LogP contribution in [0.2, 0.25) is 0 Å². The molecule has 0 aliphatic rings. The average molecular weight is 470 g/mol. The van der Waals surface area contributed by atoms with Crippen LogP contribution >= 0.6 is 0 Å². The van der Waals surface area contributed by atoms with Crippen LogP contribution in [0.4, 0.5) is 11.6 Å². The molecule has 1 aromatic carbocycles. The predicted octanol–water partition coefficient (Wildman–Crippen LogP) is 3.92. The minimum Gasteiger partial charge on any atom is -0.303 e. The molecule has 2 aromatic heterocycles. The van der Waals surface area contributed by atoms with Gasteiger partial charge in [0, 0.05) is 25.7 Å². The highest BCUT2D eigenvalue weighted by Crippen LogP contribution is 2.18. The normalized spacial score (nSPS) is 11.8. The molecule has 0 saturated carbocycles. The van der Waals surface area contributed by atoms with Gasteiger partial charge in [-0.05, 0) is 31.0 Å². The third kappa shape index (κ3) is 5.77. The maximum absolute atomic E-state index is 12.6. The van der Waals surface area contributed by atoms with Crippen LogP contribution in [0.3, 0.4) is 0 Å². The Morgan fingerprint density at radius 1 is 1.12 bits per heavy atom. The Balaban J connectivity index is 1.84. The number of hydrogen-bond acceptors (Lipinski definition) is 7. The van der Waals surface area contributed by atoms with E-state index in [1.165, 1.54) is 42.4 Å². The number of rotatable bonds is 12. The summed E-state index contributed by atoms with van der Waals surface area (Å²) in [5.41, 5.74) is 3.79. The van der Waals surface area contributed by atoms with E-state index in [1.54, 1.807) is 30.7 Å². The lowest BCUT2D eigenvalue weighted by molar-refractivity contribution is -0.384. The first-order chi connectivity index (χ1) is 16.3. The van der Waals surface area contributed by atoms with Gasteiger partial charge in [-0.1, -0.05) is 45.4 Å². The number of unbranched alkanes of at least 4 members (excludes halogenated alkanes) is 6. The summed E-state index contributed by atoms with van der Waals surface area (Å²) in [6.45, 7) is 4.51. The molecule has 0 aliphatic heterocycles. The molecule has 3 aromatic rings. The molecule has 3 rings (SSSR count). The molecule has 0 fully saturated rings. The Kier molecular flexibility index (Phi) is 8.34. The van der Waals surface area contributed by atoms with Crippen LogP contribution in [0.25, 0.3) is 11.2 Å². The number of non-ortho nitro benzene ring substituents is 1. The lowest BCUT2D eigenvalue weighted by Crippen LogP contribution is -2.29. The fourth-order valence-electron chi connectivity index (χ4n) is 3.79. The van der Waals surface area contributed by atoms with Gasteiger partial charge in [0.25, 0.3) is 11.2 Å². The highest BCUT2D eigenvalue weighted by molar-refractivity contribution is 5.99. The first kappa shape index (κ1) is 24.9. The van der Waals surface area contributed by atoms with Crippen molar-refractivity contribution < 1.29 is 4.92 Å². The van der Waals surface area contributed by atoms with Crippen LogP contribution in [0, 0.1) is 10.1 Å². The number of anilines is 1. The van der Waals surface area contributed by atoms with Gasteiger partial charge in [0.05, 0.1) is 10.6 Å². The number of nitro benzene ring substituents is 1. The fourth-order valence-corrected chi connectivity index (χ4v) is 3.79. The molecule has 34 heavy (non-hydrogen) atoms. The van der Waals surface area contributed by atoms with E-state index in [0.29, 0.717) is 29.3 Å². The van der Waals surface area contributed by atoms with Crippen molar-refractivity contribution in [2.75, 3.05) is 5.43 Å². The molecule has 0 atom stereocenters. The quantitative estimate of drug-likeness (QED) is 0.178. The first-order valence-corrected chi connectivity index (χ1v) is 11.6. The summed E-state index contributed by atoms with van der Waals surface area (Å²) in [5.74, 6) is 0.356. The number of imidazole rings is 1. The molecule has 182 valence electrons. The van der Waals surface area contributed by atoms with Gasteiger partial charge >= 0.3 is 5.69 Å². The lowest BCUT2D eigenvalue weighted by Gasteiger charge is -2.09.